The van der Waals surface area contributed by atoms with Crippen LogP contribution in [0.4, 0.5) is 11.4 Å². The maximum Gasteiger partial charge on any atom is 0.0373 e. The molecular weight excluding hydrogens is 304 g/mol. The third-order valence-electron chi connectivity index (χ3n) is 5.85. The molecule has 25 heavy (non-hydrogen) atoms. The van der Waals surface area contributed by atoms with Crippen LogP contribution in [0.1, 0.15) is 72.9 Å². The summed E-state index contributed by atoms with van der Waals surface area (Å²) in [4.78, 5) is 0. The van der Waals surface area contributed by atoms with Crippen molar-refractivity contribution in [3.63, 3.8) is 0 Å². The van der Waals surface area contributed by atoms with E-state index in [-0.39, 0.29) is 5.41 Å². The van der Waals surface area contributed by atoms with E-state index in [1.165, 1.54) is 46.2 Å². The largest absolute Gasteiger partial charge is 0.398 e. The number of hydrogen-bond acceptors (Lipinski definition) is 2. The minimum Gasteiger partial charge on any atom is -0.398 e. The zero-order chi connectivity index (χ0) is 18.8. The summed E-state index contributed by atoms with van der Waals surface area (Å²) in [5, 5.41) is 0. The van der Waals surface area contributed by atoms with Crippen LogP contribution < -0.4 is 11.5 Å². The molecule has 0 saturated heterocycles. The Balaban J connectivity index is 2.74. The van der Waals surface area contributed by atoms with E-state index in [1.54, 1.807) is 0 Å². The molecule has 2 aromatic carbocycles. The van der Waals surface area contributed by atoms with Gasteiger partial charge in [-0.15, -0.1) is 0 Å². The summed E-state index contributed by atoms with van der Waals surface area (Å²) >= 11 is 0. The molecule has 0 aliphatic rings. The SMILES string of the molecule is CCCCC(CC)(c1cc(C)c(N)c(C)c1)c1cc(C)c(N)c(C)c1. The first kappa shape index (κ1) is 19.4. The summed E-state index contributed by atoms with van der Waals surface area (Å²) < 4.78 is 0. The molecule has 2 aromatic rings. The lowest BCUT2D eigenvalue weighted by molar-refractivity contribution is 0.436. The lowest BCUT2D eigenvalue weighted by Gasteiger charge is -2.36. The number of anilines is 2. The topological polar surface area (TPSA) is 52.0 Å². The highest BCUT2D eigenvalue weighted by Gasteiger charge is 2.33. The Morgan fingerprint density at radius 3 is 1.36 bits per heavy atom. The minimum absolute atomic E-state index is 0.0163. The van der Waals surface area contributed by atoms with Crippen molar-refractivity contribution in [1.29, 1.82) is 0 Å². The van der Waals surface area contributed by atoms with E-state index in [1.807, 2.05) is 0 Å². The van der Waals surface area contributed by atoms with Gasteiger partial charge in [0.25, 0.3) is 0 Å². The van der Waals surface area contributed by atoms with Gasteiger partial charge in [0.1, 0.15) is 0 Å². The van der Waals surface area contributed by atoms with Gasteiger partial charge in [-0.25, -0.2) is 0 Å². The monoisotopic (exact) mass is 338 g/mol. The molecule has 0 aromatic heterocycles. The van der Waals surface area contributed by atoms with Gasteiger partial charge in [-0.2, -0.15) is 0 Å². The van der Waals surface area contributed by atoms with Gasteiger partial charge in [0.2, 0.25) is 0 Å². The van der Waals surface area contributed by atoms with Crippen molar-refractivity contribution in [2.45, 2.75) is 72.6 Å². The highest BCUT2D eigenvalue weighted by Crippen LogP contribution is 2.43. The predicted octanol–water partition coefficient (Wildman–Crippen LogP) is 5.97. The summed E-state index contributed by atoms with van der Waals surface area (Å²) in [6, 6.07) is 9.18. The molecule has 0 spiro atoms. The smallest absolute Gasteiger partial charge is 0.0373 e. The molecule has 0 aliphatic heterocycles. The molecule has 0 unspecified atom stereocenters. The fourth-order valence-corrected chi connectivity index (χ4v) is 4.02. The maximum absolute atomic E-state index is 6.23. The van der Waals surface area contributed by atoms with Crippen LogP contribution in [-0.4, -0.2) is 0 Å². The molecule has 2 heteroatoms. The maximum atomic E-state index is 6.23. The van der Waals surface area contributed by atoms with Crippen molar-refractivity contribution in [3.8, 4) is 0 Å². The third kappa shape index (κ3) is 3.53. The molecule has 0 saturated carbocycles. The Labute approximate surface area is 153 Å². The third-order valence-corrected chi connectivity index (χ3v) is 5.85. The van der Waals surface area contributed by atoms with Crippen molar-refractivity contribution in [2.24, 2.45) is 0 Å². The molecule has 0 bridgehead atoms. The van der Waals surface area contributed by atoms with Gasteiger partial charge in [-0.05, 0) is 73.9 Å². The summed E-state index contributed by atoms with van der Waals surface area (Å²) in [6.07, 6.45) is 4.62. The van der Waals surface area contributed by atoms with Crippen molar-refractivity contribution in [3.05, 3.63) is 57.6 Å². The standard InChI is InChI=1S/C23H34N2/c1-7-9-10-23(8-2,19-11-15(3)21(24)16(4)12-19)20-13-17(5)22(25)18(6)14-20/h11-14H,7-10,24-25H2,1-6H3. The van der Waals surface area contributed by atoms with Gasteiger partial charge in [-0.1, -0.05) is 51.0 Å². The average Bonchev–Trinajstić information content (AvgIpc) is 2.58. The van der Waals surface area contributed by atoms with Gasteiger partial charge >= 0.3 is 0 Å². The van der Waals surface area contributed by atoms with Crippen molar-refractivity contribution in [2.75, 3.05) is 11.5 Å². The molecule has 0 heterocycles. The fourth-order valence-electron chi connectivity index (χ4n) is 4.02. The molecule has 4 N–H and O–H groups in total. The Hall–Kier alpha value is -1.96. The van der Waals surface area contributed by atoms with E-state index < -0.39 is 0 Å². The first-order valence-corrected chi connectivity index (χ1v) is 9.51. The highest BCUT2D eigenvalue weighted by atomic mass is 14.6. The molecule has 0 amide bonds. The summed E-state index contributed by atoms with van der Waals surface area (Å²) in [5.74, 6) is 0. The number of aryl methyl sites for hydroxylation is 4. The van der Waals surface area contributed by atoms with Gasteiger partial charge in [-0.3, -0.25) is 0 Å². The number of rotatable bonds is 6. The second-order valence-electron chi connectivity index (χ2n) is 7.59. The number of nitrogen functional groups attached to an aromatic ring is 2. The van der Waals surface area contributed by atoms with Crippen LogP contribution >= 0.6 is 0 Å². The lowest BCUT2D eigenvalue weighted by atomic mass is 9.68. The molecule has 0 atom stereocenters. The van der Waals surface area contributed by atoms with Crippen LogP contribution in [0.25, 0.3) is 0 Å². The number of benzene rings is 2. The lowest BCUT2D eigenvalue weighted by Crippen LogP contribution is -2.28. The summed E-state index contributed by atoms with van der Waals surface area (Å²) in [5.41, 5.74) is 21.8. The van der Waals surface area contributed by atoms with Crippen LogP contribution in [0.3, 0.4) is 0 Å². The van der Waals surface area contributed by atoms with E-state index in [0.717, 1.165) is 24.2 Å². The zero-order valence-electron chi connectivity index (χ0n) is 16.8. The number of nitrogens with two attached hydrogens (primary N) is 2. The average molecular weight is 339 g/mol. The zero-order valence-corrected chi connectivity index (χ0v) is 16.8. The Morgan fingerprint density at radius 2 is 1.08 bits per heavy atom. The molecular formula is C23H34N2. The Morgan fingerprint density at radius 1 is 0.720 bits per heavy atom. The molecule has 0 aliphatic carbocycles. The van der Waals surface area contributed by atoms with E-state index >= 15 is 0 Å². The minimum atomic E-state index is 0.0163. The Bertz CT molecular complexity index is 655. The Kier molecular flexibility index (Phi) is 5.82. The number of hydrogen-bond donors (Lipinski definition) is 2. The van der Waals surface area contributed by atoms with Crippen molar-refractivity contribution >= 4 is 11.4 Å². The molecule has 2 nitrogen and oxygen atoms in total. The number of unbranched alkanes of at least 4 members (excludes halogenated alkanes) is 1. The van der Waals surface area contributed by atoms with Crippen LogP contribution in [0, 0.1) is 27.7 Å². The first-order valence-electron chi connectivity index (χ1n) is 9.51. The molecule has 136 valence electrons. The van der Waals surface area contributed by atoms with Crippen LogP contribution in [0.2, 0.25) is 0 Å². The van der Waals surface area contributed by atoms with Gasteiger partial charge in [0.15, 0.2) is 0 Å². The second-order valence-corrected chi connectivity index (χ2v) is 7.59. The van der Waals surface area contributed by atoms with Crippen LogP contribution in [0.15, 0.2) is 24.3 Å². The summed E-state index contributed by atoms with van der Waals surface area (Å²) in [6.45, 7) is 13.0. The van der Waals surface area contributed by atoms with Gasteiger partial charge in [0, 0.05) is 16.8 Å². The normalized spacial score (nSPS) is 11.8. The van der Waals surface area contributed by atoms with E-state index in [0.29, 0.717) is 0 Å². The van der Waals surface area contributed by atoms with E-state index in [9.17, 15) is 0 Å². The van der Waals surface area contributed by atoms with Crippen LogP contribution in [-0.2, 0) is 5.41 Å². The summed E-state index contributed by atoms with van der Waals surface area (Å²) in [7, 11) is 0. The molecule has 0 fully saturated rings. The fraction of sp³-hybridized carbons (Fsp3) is 0.478. The van der Waals surface area contributed by atoms with Crippen LogP contribution in [0.5, 0.6) is 0 Å². The first-order chi connectivity index (χ1) is 11.8. The molecule has 2 rings (SSSR count). The van der Waals surface area contributed by atoms with Crippen molar-refractivity contribution < 1.29 is 0 Å². The van der Waals surface area contributed by atoms with Gasteiger partial charge in [0.05, 0.1) is 0 Å². The highest BCUT2D eigenvalue weighted by molar-refractivity contribution is 5.60. The second kappa shape index (κ2) is 7.51. The van der Waals surface area contributed by atoms with Gasteiger partial charge < -0.3 is 11.5 Å². The van der Waals surface area contributed by atoms with E-state index in [4.69, 9.17) is 11.5 Å². The van der Waals surface area contributed by atoms with Crippen molar-refractivity contribution in [1.82, 2.24) is 0 Å². The van der Waals surface area contributed by atoms with E-state index in [2.05, 4.69) is 65.8 Å². The predicted molar refractivity (Wildman–Crippen MR) is 111 cm³/mol. The molecule has 0 radical (unpaired) electrons. The quantitative estimate of drug-likeness (QED) is 0.637.